The van der Waals surface area contributed by atoms with E-state index in [2.05, 4.69) is 15.0 Å². The summed E-state index contributed by atoms with van der Waals surface area (Å²) in [4.78, 5) is 27.9. The molecule has 1 saturated heterocycles. The molecule has 1 amide bonds. The van der Waals surface area contributed by atoms with Gasteiger partial charge in [-0.2, -0.15) is 29.2 Å². The summed E-state index contributed by atoms with van der Waals surface area (Å²) in [5, 5.41) is 12.4. The number of nitrogens with one attached hydrogen (secondary N) is 2. The van der Waals surface area contributed by atoms with E-state index < -0.39 is 28.1 Å². The van der Waals surface area contributed by atoms with Crippen LogP contribution in [0, 0.1) is 0 Å². The number of amides is 1. The minimum Gasteiger partial charge on any atom is -0.480 e. The third-order valence-electron chi connectivity index (χ3n) is 4.63. The quantitative estimate of drug-likeness (QED) is 0.489. The number of rotatable bonds is 8. The van der Waals surface area contributed by atoms with Crippen LogP contribution in [0.5, 0.6) is 0 Å². The molecular weight excluding hydrogens is 499 g/mol. The van der Waals surface area contributed by atoms with Gasteiger partial charge in [0.25, 0.3) is 16.1 Å². The van der Waals surface area contributed by atoms with Crippen molar-refractivity contribution in [3.63, 3.8) is 0 Å². The van der Waals surface area contributed by atoms with Crippen LogP contribution in [0.2, 0.25) is 10.0 Å². The number of carboxylic acids is 1. The molecule has 0 radical (unpaired) electrons. The van der Waals surface area contributed by atoms with Crippen molar-refractivity contribution >= 4 is 62.7 Å². The topological polar surface area (TPSA) is 129 Å². The number of benzene rings is 1. The van der Waals surface area contributed by atoms with E-state index >= 15 is 0 Å². The third-order valence-corrected chi connectivity index (χ3v) is 7.77. The molecule has 0 spiro atoms. The maximum absolute atomic E-state index is 12.5. The fourth-order valence-corrected chi connectivity index (χ4v) is 6.03. The highest BCUT2D eigenvalue weighted by Crippen LogP contribution is 2.24. The standard InChI is InChI=1S/C19H20Cl2N4O5S2/c20-14-10-22-11-15(21)17(14)18(26)23-13-3-1-12(2-4-13)9-16(19(27)28)24-32(29,30)25-5-7-31-8-6-25/h1-4,10-11,16,24H,5-9H2,(H,23,26)(H,27,28)/t16-/m0/s1. The highest BCUT2D eigenvalue weighted by molar-refractivity contribution is 7.99. The number of pyridine rings is 1. The van der Waals surface area contributed by atoms with E-state index in [1.54, 1.807) is 36.0 Å². The van der Waals surface area contributed by atoms with Crippen LogP contribution in [0.15, 0.2) is 36.7 Å². The number of halogens is 2. The number of anilines is 1. The summed E-state index contributed by atoms with van der Waals surface area (Å²) in [5.41, 5.74) is 1.09. The number of hydrogen-bond acceptors (Lipinski definition) is 6. The van der Waals surface area contributed by atoms with Crippen molar-refractivity contribution in [2.45, 2.75) is 12.5 Å². The van der Waals surface area contributed by atoms with Gasteiger partial charge in [0.05, 0.1) is 15.6 Å². The van der Waals surface area contributed by atoms with Crippen LogP contribution in [-0.4, -0.2) is 65.3 Å². The average molecular weight is 519 g/mol. The van der Waals surface area contributed by atoms with Gasteiger partial charge in [-0.3, -0.25) is 14.6 Å². The van der Waals surface area contributed by atoms with Crippen molar-refractivity contribution < 1.29 is 23.1 Å². The van der Waals surface area contributed by atoms with Gasteiger partial charge in [-0.15, -0.1) is 0 Å². The number of hydrogen-bond donors (Lipinski definition) is 3. The number of aromatic nitrogens is 1. The second kappa shape index (κ2) is 10.8. The van der Waals surface area contributed by atoms with E-state index in [1.165, 1.54) is 16.7 Å². The summed E-state index contributed by atoms with van der Waals surface area (Å²) in [5.74, 6) is -0.464. The van der Waals surface area contributed by atoms with Gasteiger partial charge in [0, 0.05) is 42.7 Å². The molecule has 13 heteroatoms. The van der Waals surface area contributed by atoms with Crippen molar-refractivity contribution in [3.05, 3.63) is 57.8 Å². The predicted molar refractivity (Wildman–Crippen MR) is 125 cm³/mol. The Morgan fingerprint density at radius 2 is 1.72 bits per heavy atom. The molecular formula is C19H20Cl2N4O5S2. The average Bonchev–Trinajstić information content (AvgIpc) is 2.75. The molecule has 172 valence electrons. The summed E-state index contributed by atoms with van der Waals surface area (Å²) in [7, 11) is -3.91. The zero-order valence-corrected chi connectivity index (χ0v) is 19.8. The smallest absolute Gasteiger partial charge is 0.322 e. The maximum Gasteiger partial charge on any atom is 0.322 e. The van der Waals surface area contributed by atoms with Crippen molar-refractivity contribution in [2.75, 3.05) is 29.9 Å². The first kappa shape index (κ1) is 24.7. The number of carboxylic acid groups (broad SMARTS) is 1. The molecule has 1 aliphatic heterocycles. The van der Waals surface area contributed by atoms with E-state index in [0.29, 0.717) is 35.8 Å². The normalized spacial score (nSPS) is 15.8. The SMILES string of the molecule is O=C(Nc1ccc(C[C@H](NS(=O)(=O)N2CCSCC2)C(=O)O)cc1)c1c(Cl)cncc1Cl. The molecule has 32 heavy (non-hydrogen) atoms. The molecule has 1 aliphatic rings. The summed E-state index contributed by atoms with van der Waals surface area (Å²) in [6.07, 6.45) is 2.55. The van der Waals surface area contributed by atoms with Crippen LogP contribution in [0.4, 0.5) is 5.69 Å². The van der Waals surface area contributed by atoms with Crippen LogP contribution < -0.4 is 10.0 Å². The molecule has 3 rings (SSSR count). The Labute approximate surface area is 199 Å². The van der Waals surface area contributed by atoms with Gasteiger partial charge in [0.2, 0.25) is 0 Å². The largest absolute Gasteiger partial charge is 0.480 e. The van der Waals surface area contributed by atoms with E-state index in [0.717, 1.165) is 0 Å². The predicted octanol–water partition coefficient (Wildman–Crippen LogP) is 2.52. The van der Waals surface area contributed by atoms with Gasteiger partial charge in [0.1, 0.15) is 6.04 Å². The number of carbonyl (C=O) groups is 2. The molecule has 2 heterocycles. The fourth-order valence-electron chi connectivity index (χ4n) is 3.00. The van der Waals surface area contributed by atoms with Crippen LogP contribution in [-0.2, 0) is 21.4 Å². The summed E-state index contributed by atoms with van der Waals surface area (Å²) < 4.78 is 28.6. The van der Waals surface area contributed by atoms with E-state index in [4.69, 9.17) is 23.2 Å². The van der Waals surface area contributed by atoms with Crippen molar-refractivity contribution in [2.24, 2.45) is 0 Å². The van der Waals surface area contributed by atoms with Gasteiger partial charge in [-0.25, -0.2) is 0 Å². The van der Waals surface area contributed by atoms with Gasteiger partial charge in [-0.05, 0) is 24.1 Å². The zero-order chi connectivity index (χ0) is 23.3. The molecule has 1 aromatic carbocycles. The summed E-state index contributed by atoms with van der Waals surface area (Å²) in [6.45, 7) is 0.679. The van der Waals surface area contributed by atoms with Crippen LogP contribution in [0.3, 0.4) is 0 Å². The highest BCUT2D eigenvalue weighted by Gasteiger charge is 2.30. The molecule has 0 saturated carbocycles. The van der Waals surface area contributed by atoms with Crippen LogP contribution in [0.1, 0.15) is 15.9 Å². The van der Waals surface area contributed by atoms with E-state index in [1.807, 2.05) is 0 Å². The maximum atomic E-state index is 12.5. The summed E-state index contributed by atoms with van der Waals surface area (Å²) in [6, 6.07) is 5.03. The summed E-state index contributed by atoms with van der Waals surface area (Å²) >= 11 is 13.6. The van der Waals surface area contributed by atoms with Crippen molar-refractivity contribution in [1.82, 2.24) is 14.0 Å². The van der Waals surface area contributed by atoms with Gasteiger partial charge in [0.15, 0.2) is 0 Å². The van der Waals surface area contributed by atoms with E-state index in [9.17, 15) is 23.1 Å². The lowest BCUT2D eigenvalue weighted by Gasteiger charge is -2.27. The minimum atomic E-state index is -3.91. The highest BCUT2D eigenvalue weighted by atomic mass is 35.5. The van der Waals surface area contributed by atoms with Crippen molar-refractivity contribution in [3.8, 4) is 0 Å². The number of thioether (sulfide) groups is 1. The van der Waals surface area contributed by atoms with Crippen molar-refractivity contribution in [1.29, 1.82) is 0 Å². The minimum absolute atomic E-state index is 0.0621. The number of aliphatic carboxylic acids is 1. The Hall–Kier alpha value is -1.89. The van der Waals surface area contributed by atoms with Crippen LogP contribution in [0.25, 0.3) is 0 Å². The molecule has 0 aliphatic carbocycles. The lowest BCUT2D eigenvalue weighted by molar-refractivity contribution is -0.138. The zero-order valence-electron chi connectivity index (χ0n) is 16.6. The van der Waals surface area contributed by atoms with Gasteiger partial charge in [-0.1, -0.05) is 35.3 Å². The first-order valence-corrected chi connectivity index (χ1v) is 12.8. The fraction of sp³-hybridized carbons (Fsp3) is 0.316. The Morgan fingerprint density at radius 1 is 1.12 bits per heavy atom. The molecule has 2 aromatic rings. The first-order valence-electron chi connectivity index (χ1n) is 9.44. The second-order valence-corrected chi connectivity index (χ2v) is 10.6. The monoisotopic (exact) mass is 518 g/mol. The molecule has 3 N–H and O–H groups in total. The molecule has 0 unspecified atom stereocenters. The Balaban J connectivity index is 1.66. The lowest BCUT2D eigenvalue weighted by atomic mass is 10.1. The lowest BCUT2D eigenvalue weighted by Crippen LogP contribution is -2.51. The Kier molecular flexibility index (Phi) is 8.37. The number of nitrogens with zero attached hydrogens (tertiary/aromatic N) is 2. The molecule has 9 nitrogen and oxygen atoms in total. The third kappa shape index (κ3) is 6.33. The van der Waals surface area contributed by atoms with E-state index in [-0.39, 0.29) is 22.0 Å². The molecule has 0 bridgehead atoms. The Bertz CT molecular complexity index is 1070. The first-order chi connectivity index (χ1) is 15.2. The number of carbonyl (C=O) groups excluding carboxylic acids is 1. The van der Waals surface area contributed by atoms with Gasteiger partial charge >= 0.3 is 5.97 Å². The van der Waals surface area contributed by atoms with Gasteiger partial charge < -0.3 is 10.4 Å². The van der Waals surface area contributed by atoms with Crippen LogP contribution >= 0.6 is 35.0 Å². The molecule has 1 fully saturated rings. The molecule has 1 atom stereocenters. The Morgan fingerprint density at radius 3 is 2.28 bits per heavy atom. The second-order valence-electron chi connectivity index (χ2n) is 6.86. The molecule has 1 aromatic heterocycles.